The third kappa shape index (κ3) is 4.60. The van der Waals surface area contributed by atoms with E-state index in [2.05, 4.69) is 31.2 Å². The fraction of sp³-hybridized carbons (Fsp3) is 0.583. The van der Waals surface area contributed by atoms with E-state index in [1.807, 2.05) is 25.7 Å². The maximum absolute atomic E-state index is 11.8. The standard InChI is InChI=1S/C12H19BrN4O/c1-4-17(5-2)12(18)6-7-14-11-8-10(13)15-9(3)16-11/h8H,4-7H2,1-3H3,(H,14,15,16). The van der Waals surface area contributed by atoms with Gasteiger partial charge in [-0.05, 0) is 36.7 Å². The number of rotatable bonds is 6. The van der Waals surface area contributed by atoms with Crippen molar-refractivity contribution < 1.29 is 4.79 Å². The Bertz CT molecular complexity index is 387. The second-order valence-corrected chi connectivity index (χ2v) is 4.68. The highest BCUT2D eigenvalue weighted by Crippen LogP contribution is 2.11. The van der Waals surface area contributed by atoms with Gasteiger partial charge in [0.25, 0.3) is 0 Å². The molecule has 0 unspecified atom stereocenters. The van der Waals surface area contributed by atoms with Crippen molar-refractivity contribution in [2.45, 2.75) is 27.2 Å². The van der Waals surface area contributed by atoms with Crippen LogP contribution in [0.25, 0.3) is 0 Å². The first-order valence-corrected chi connectivity index (χ1v) is 6.89. The van der Waals surface area contributed by atoms with Gasteiger partial charge in [0.2, 0.25) is 5.91 Å². The average molecular weight is 315 g/mol. The molecule has 1 N–H and O–H groups in total. The lowest BCUT2D eigenvalue weighted by molar-refractivity contribution is -0.130. The van der Waals surface area contributed by atoms with Crippen LogP contribution in [0.5, 0.6) is 0 Å². The molecule has 0 aliphatic heterocycles. The minimum atomic E-state index is 0.164. The number of hydrogen-bond donors (Lipinski definition) is 1. The Morgan fingerprint density at radius 1 is 1.39 bits per heavy atom. The molecule has 0 aromatic carbocycles. The van der Waals surface area contributed by atoms with Gasteiger partial charge in [-0.1, -0.05) is 0 Å². The van der Waals surface area contributed by atoms with Gasteiger partial charge in [-0.25, -0.2) is 9.97 Å². The number of nitrogens with one attached hydrogen (secondary N) is 1. The highest BCUT2D eigenvalue weighted by atomic mass is 79.9. The van der Waals surface area contributed by atoms with E-state index in [4.69, 9.17) is 0 Å². The van der Waals surface area contributed by atoms with Crippen LogP contribution in [-0.2, 0) is 4.79 Å². The first-order chi connectivity index (χ1) is 8.56. The van der Waals surface area contributed by atoms with Crippen molar-refractivity contribution in [2.24, 2.45) is 0 Å². The van der Waals surface area contributed by atoms with E-state index >= 15 is 0 Å². The lowest BCUT2D eigenvalue weighted by Gasteiger charge is -2.18. The first-order valence-electron chi connectivity index (χ1n) is 6.09. The van der Waals surface area contributed by atoms with Crippen molar-refractivity contribution in [1.29, 1.82) is 0 Å². The summed E-state index contributed by atoms with van der Waals surface area (Å²) in [5.74, 6) is 1.60. The Labute approximate surface area is 116 Å². The van der Waals surface area contributed by atoms with Crippen LogP contribution in [0.15, 0.2) is 10.7 Å². The van der Waals surface area contributed by atoms with Gasteiger partial charge in [-0.2, -0.15) is 0 Å². The molecule has 0 saturated carbocycles. The van der Waals surface area contributed by atoms with Crippen molar-refractivity contribution in [2.75, 3.05) is 25.0 Å². The number of anilines is 1. The Hall–Kier alpha value is -1.17. The molecule has 0 spiro atoms. The van der Waals surface area contributed by atoms with Crippen molar-refractivity contribution in [3.05, 3.63) is 16.5 Å². The number of carbonyl (C=O) groups excluding carboxylic acids is 1. The molecule has 0 atom stereocenters. The summed E-state index contributed by atoms with van der Waals surface area (Å²) >= 11 is 3.31. The molecule has 1 aromatic rings. The summed E-state index contributed by atoms with van der Waals surface area (Å²) in [6.45, 7) is 7.90. The highest BCUT2D eigenvalue weighted by molar-refractivity contribution is 9.10. The normalized spacial score (nSPS) is 10.2. The van der Waals surface area contributed by atoms with Crippen LogP contribution in [-0.4, -0.2) is 40.4 Å². The van der Waals surface area contributed by atoms with E-state index in [0.29, 0.717) is 18.8 Å². The molecule has 1 rings (SSSR count). The van der Waals surface area contributed by atoms with Gasteiger partial charge >= 0.3 is 0 Å². The molecule has 0 fully saturated rings. The molecule has 1 heterocycles. The maximum atomic E-state index is 11.8. The second-order valence-electron chi connectivity index (χ2n) is 3.87. The van der Waals surface area contributed by atoms with Crippen LogP contribution in [0.1, 0.15) is 26.1 Å². The zero-order valence-electron chi connectivity index (χ0n) is 11.0. The summed E-state index contributed by atoms with van der Waals surface area (Å²) in [7, 11) is 0. The quantitative estimate of drug-likeness (QED) is 0.818. The first kappa shape index (κ1) is 14.9. The van der Waals surface area contributed by atoms with Crippen LogP contribution in [0.2, 0.25) is 0 Å². The summed E-state index contributed by atoms with van der Waals surface area (Å²) in [6.07, 6.45) is 0.475. The molecule has 100 valence electrons. The molecular formula is C12H19BrN4O. The zero-order valence-corrected chi connectivity index (χ0v) is 12.6. The predicted molar refractivity (Wildman–Crippen MR) is 75.5 cm³/mol. The number of carbonyl (C=O) groups is 1. The Morgan fingerprint density at radius 2 is 2.06 bits per heavy atom. The van der Waals surface area contributed by atoms with Gasteiger partial charge in [0.05, 0.1) is 0 Å². The smallest absolute Gasteiger partial charge is 0.224 e. The van der Waals surface area contributed by atoms with Gasteiger partial charge in [-0.15, -0.1) is 0 Å². The third-order valence-electron chi connectivity index (χ3n) is 2.57. The zero-order chi connectivity index (χ0) is 13.5. The number of amides is 1. The topological polar surface area (TPSA) is 58.1 Å². The van der Waals surface area contributed by atoms with Gasteiger partial charge in [0, 0.05) is 32.1 Å². The second kappa shape index (κ2) is 7.31. The van der Waals surface area contributed by atoms with E-state index < -0.39 is 0 Å². The fourth-order valence-corrected chi connectivity index (χ4v) is 2.13. The molecule has 6 heteroatoms. The fourth-order valence-electron chi connectivity index (χ4n) is 1.65. The molecule has 0 radical (unpaired) electrons. The summed E-state index contributed by atoms with van der Waals surface area (Å²) in [5, 5.41) is 3.13. The van der Waals surface area contributed by atoms with Crippen LogP contribution in [0.4, 0.5) is 5.82 Å². The summed E-state index contributed by atoms with van der Waals surface area (Å²) in [5.41, 5.74) is 0. The summed E-state index contributed by atoms with van der Waals surface area (Å²) in [4.78, 5) is 22.0. The monoisotopic (exact) mass is 314 g/mol. The van der Waals surface area contributed by atoms with Crippen molar-refractivity contribution in [1.82, 2.24) is 14.9 Å². The number of nitrogens with zero attached hydrogens (tertiary/aromatic N) is 3. The number of hydrogen-bond acceptors (Lipinski definition) is 4. The van der Waals surface area contributed by atoms with E-state index in [-0.39, 0.29) is 5.91 Å². The average Bonchev–Trinajstić information content (AvgIpc) is 2.29. The van der Waals surface area contributed by atoms with Gasteiger partial charge in [0.15, 0.2) is 0 Å². The molecule has 0 bridgehead atoms. The molecule has 18 heavy (non-hydrogen) atoms. The van der Waals surface area contributed by atoms with Crippen molar-refractivity contribution in [3.8, 4) is 0 Å². The Balaban J connectivity index is 2.44. The highest BCUT2D eigenvalue weighted by Gasteiger charge is 2.08. The third-order valence-corrected chi connectivity index (χ3v) is 2.97. The maximum Gasteiger partial charge on any atom is 0.224 e. The largest absolute Gasteiger partial charge is 0.369 e. The van der Waals surface area contributed by atoms with Crippen molar-refractivity contribution >= 4 is 27.7 Å². The van der Waals surface area contributed by atoms with E-state index in [1.165, 1.54) is 0 Å². The molecule has 0 saturated heterocycles. The van der Waals surface area contributed by atoms with Crippen molar-refractivity contribution in [3.63, 3.8) is 0 Å². The lowest BCUT2D eigenvalue weighted by Crippen LogP contribution is -2.31. The van der Waals surface area contributed by atoms with Crippen LogP contribution in [0.3, 0.4) is 0 Å². The lowest BCUT2D eigenvalue weighted by atomic mass is 10.3. The van der Waals surface area contributed by atoms with E-state index in [0.717, 1.165) is 23.5 Å². The molecule has 0 aliphatic rings. The van der Waals surface area contributed by atoms with Gasteiger partial charge < -0.3 is 10.2 Å². The molecule has 1 aromatic heterocycles. The Morgan fingerprint density at radius 3 is 2.61 bits per heavy atom. The molecule has 0 aliphatic carbocycles. The predicted octanol–water partition coefficient (Wildman–Crippen LogP) is 2.22. The van der Waals surface area contributed by atoms with Gasteiger partial charge in [0.1, 0.15) is 16.2 Å². The minimum Gasteiger partial charge on any atom is -0.369 e. The SMILES string of the molecule is CCN(CC)C(=O)CCNc1cc(Br)nc(C)n1. The van der Waals surface area contributed by atoms with Crippen LogP contribution in [0, 0.1) is 6.92 Å². The van der Waals surface area contributed by atoms with Crippen LogP contribution < -0.4 is 5.32 Å². The summed E-state index contributed by atoms with van der Waals surface area (Å²) < 4.78 is 0.743. The number of aryl methyl sites for hydroxylation is 1. The number of halogens is 1. The molecule has 5 nitrogen and oxygen atoms in total. The van der Waals surface area contributed by atoms with Crippen LogP contribution >= 0.6 is 15.9 Å². The van der Waals surface area contributed by atoms with Gasteiger partial charge in [-0.3, -0.25) is 4.79 Å². The molecular weight excluding hydrogens is 296 g/mol. The van der Waals surface area contributed by atoms with E-state index in [9.17, 15) is 4.79 Å². The minimum absolute atomic E-state index is 0.164. The molecule has 1 amide bonds. The summed E-state index contributed by atoms with van der Waals surface area (Å²) in [6, 6.07) is 1.80. The Kier molecular flexibility index (Phi) is 6.04. The van der Waals surface area contributed by atoms with E-state index in [1.54, 1.807) is 6.07 Å². The number of aromatic nitrogens is 2.